The molecule has 0 aromatic carbocycles. The predicted molar refractivity (Wildman–Crippen MR) is 78.7 cm³/mol. The molecule has 1 aliphatic carbocycles. The smallest absolute Gasteiger partial charge is 0.315 e. The van der Waals surface area contributed by atoms with E-state index in [1.165, 1.54) is 0 Å². The lowest BCUT2D eigenvalue weighted by molar-refractivity contribution is -0.142. The number of carboxylic acid groups (broad SMARTS) is 1. The summed E-state index contributed by atoms with van der Waals surface area (Å²) in [5.41, 5.74) is -0.229. The average molecular weight is 284 g/mol. The van der Waals surface area contributed by atoms with Gasteiger partial charge in [0.1, 0.15) is 0 Å². The minimum atomic E-state index is -0.800. The third kappa shape index (κ3) is 4.69. The van der Waals surface area contributed by atoms with E-state index in [4.69, 9.17) is 0 Å². The molecule has 0 saturated heterocycles. The molecule has 116 valence electrons. The average Bonchev–Trinajstić information content (AvgIpc) is 2.63. The minimum absolute atomic E-state index is 0.229. The van der Waals surface area contributed by atoms with E-state index in [0.29, 0.717) is 6.42 Å². The molecular formula is C15H28N2O3. The SMILES string of the molecule is CCC(C)(CC)NC(=O)NC1CCCCCC1C(=O)O. The summed E-state index contributed by atoms with van der Waals surface area (Å²) in [6, 6.07) is -0.498. The zero-order valence-electron chi connectivity index (χ0n) is 12.9. The van der Waals surface area contributed by atoms with Crippen LogP contribution >= 0.6 is 0 Å². The Labute approximate surface area is 121 Å². The van der Waals surface area contributed by atoms with Crippen LogP contribution in [0.5, 0.6) is 0 Å². The number of carboxylic acids is 1. The Kier molecular flexibility index (Phi) is 6.30. The Hall–Kier alpha value is -1.26. The second-order valence-electron chi connectivity index (χ2n) is 6.06. The lowest BCUT2D eigenvalue weighted by Crippen LogP contribution is -2.53. The number of rotatable bonds is 5. The van der Waals surface area contributed by atoms with Crippen LogP contribution in [0.25, 0.3) is 0 Å². The molecule has 0 heterocycles. The minimum Gasteiger partial charge on any atom is -0.481 e. The number of amides is 2. The Morgan fingerprint density at radius 2 is 1.75 bits per heavy atom. The highest BCUT2D eigenvalue weighted by molar-refractivity contribution is 5.77. The number of carbonyl (C=O) groups excluding carboxylic acids is 1. The van der Waals surface area contributed by atoms with Gasteiger partial charge in [-0.25, -0.2) is 4.79 Å². The van der Waals surface area contributed by atoms with Crippen LogP contribution in [-0.4, -0.2) is 28.7 Å². The topological polar surface area (TPSA) is 78.4 Å². The summed E-state index contributed by atoms with van der Waals surface area (Å²) in [6.45, 7) is 6.08. The number of urea groups is 1. The fourth-order valence-electron chi connectivity index (χ4n) is 2.68. The molecule has 3 N–H and O–H groups in total. The van der Waals surface area contributed by atoms with Gasteiger partial charge in [0.15, 0.2) is 0 Å². The van der Waals surface area contributed by atoms with Crippen LogP contribution in [0.15, 0.2) is 0 Å². The van der Waals surface area contributed by atoms with E-state index in [1.807, 2.05) is 20.8 Å². The maximum absolute atomic E-state index is 12.1. The first-order valence-electron chi connectivity index (χ1n) is 7.73. The number of carbonyl (C=O) groups is 2. The quantitative estimate of drug-likeness (QED) is 0.679. The predicted octanol–water partition coefficient (Wildman–Crippen LogP) is 2.90. The Balaban J connectivity index is 2.63. The van der Waals surface area contributed by atoms with Gasteiger partial charge in [-0.1, -0.05) is 33.1 Å². The molecule has 5 heteroatoms. The van der Waals surface area contributed by atoms with E-state index in [-0.39, 0.29) is 17.6 Å². The lowest BCUT2D eigenvalue weighted by Gasteiger charge is -2.30. The van der Waals surface area contributed by atoms with E-state index < -0.39 is 11.9 Å². The highest BCUT2D eigenvalue weighted by Crippen LogP contribution is 2.24. The summed E-state index contributed by atoms with van der Waals surface area (Å²) in [7, 11) is 0. The summed E-state index contributed by atoms with van der Waals surface area (Å²) >= 11 is 0. The molecular weight excluding hydrogens is 256 g/mol. The van der Waals surface area contributed by atoms with Crippen molar-refractivity contribution in [3.8, 4) is 0 Å². The van der Waals surface area contributed by atoms with Gasteiger partial charge in [0.05, 0.1) is 5.92 Å². The summed E-state index contributed by atoms with van der Waals surface area (Å²) in [4.78, 5) is 23.4. The van der Waals surface area contributed by atoms with Crippen molar-refractivity contribution in [2.75, 3.05) is 0 Å². The number of aliphatic carboxylic acids is 1. The second-order valence-corrected chi connectivity index (χ2v) is 6.06. The van der Waals surface area contributed by atoms with Gasteiger partial charge in [-0.15, -0.1) is 0 Å². The maximum Gasteiger partial charge on any atom is 0.315 e. The Morgan fingerprint density at radius 1 is 1.15 bits per heavy atom. The molecule has 1 rings (SSSR count). The van der Waals surface area contributed by atoms with E-state index >= 15 is 0 Å². The Morgan fingerprint density at radius 3 is 2.30 bits per heavy atom. The first-order chi connectivity index (χ1) is 9.41. The van der Waals surface area contributed by atoms with E-state index in [9.17, 15) is 14.7 Å². The summed E-state index contributed by atoms with van der Waals surface area (Å²) in [5.74, 6) is -1.26. The first-order valence-corrected chi connectivity index (χ1v) is 7.73. The molecule has 1 saturated carbocycles. The summed E-state index contributed by atoms with van der Waals surface area (Å²) < 4.78 is 0. The van der Waals surface area contributed by atoms with Gasteiger partial charge < -0.3 is 15.7 Å². The van der Waals surface area contributed by atoms with Gasteiger partial charge >= 0.3 is 12.0 Å². The number of hydrogen-bond acceptors (Lipinski definition) is 2. The molecule has 0 bridgehead atoms. The highest BCUT2D eigenvalue weighted by atomic mass is 16.4. The van der Waals surface area contributed by atoms with Crippen molar-refractivity contribution >= 4 is 12.0 Å². The van der Waals surface area contributed by atoms with Gasteiger partial charge in [-0.2, -0.15) is 0 Å². The van der Waals surface area contributed by atoms with Crippen LogP contribution < -0.4 is 10.6 Å². The third-order valence-corrected chi connectivity index (χ3v) is 4.63. The molecule has 2 unspecified atom stereocenters. The monoisotopic (exact) mass is 284 g/mol. The summed E-state index contributed by atoms with van der Waals surface area (Å²) in [5, 5.41) is 15.2. The summed E-state index contributed by atoms with van der Waals surface area (Å²) in [6.07, 6.45) is 6.06. The van der Waals surface area contributed by atoms with Crippen molar-refractivity contribution in [2.45, 2.75) is 77.3 Å². The van der Waals surface area contributed by atoms with Gasteiger partial charge in [0.2, 0.25) is 0 Å². The zero-order valence-corrected chi connectivity index (χ0v) is 12.9. The Bertz CT molecular complexity index is 340. The van der Waals surface area contributed by atoms with Crippen molar-refractivity contribution in [1.29, 1.82) is 0 Å². The van der Waals surface area contributed by atoms with Crippen molar-refractivity contribution < 1.29 is 14.7 Å². The van der Waals surface area contributed by atoms with Crippen molar-refractivity contribution in [1.82, 2.24) is 10.6 Å². The number of nitrogens with one attached hydrogen (secondary N) is 2. The van der Waals surface area contributed by atoms with E-state index in [0.717, 1.165) is 38.5 Å². The molecule has 5 nitrogen and oxygen atoms in total. The highest BCUT2D eigenvalue weighted by Gasteiger charge is 2.31. The molecule has 0 spiro atoms. The van der Waals surface area contributed by atoms with Crippen molar-refractivity contribution in [2.24, 2.45) is 5.92 Å². The molecule has 0 radical (unpaired) electrons. The van der Waals surface area contributed by atoms with Crippen LogP contribution in [0.1, 0.15) is 65.7 Å². The van der Waals surface area contributed by atoms with Gasteiger partial charge in [-0.05, 0) is 32.6 Å². The largest absolute Gasteiger partial charge is 0.481 e. The molecule has 20 heavy (non-hydrogen) atoms. The molecule has 1 fully saturated rings. The van der Waals surface area contributed by atoms with Crippen LogP contribution in [0, 0.1) is 5.92 Å². The normalized spacial score (nSPS) is 23.8. The van der Waals surface area contributed by atoms with Crippen LogP contribution in [0.4, 0.5) is 4.79 Å². The van der Waals surface area contributed by atoms with Gasteiger partial charge in [0.25, 0.3) is 0 Å². The van der Waals surface area contributed by atoms with Crippen molar-refractivity contribution in [3.63, 3.8) is 0 Å². The second kappa shape index (κ2) is 7.50. The van der Waals surface area contributed by atoms with E-state index in [1.54, 1.807) is 0 Å². The molecule has 0 aromatic rings. The van der Waals surface area contributed by atoms with Crippen LogP contribution in [-0.2, 0) is 4.79 Å². The van der Waals surface area contributed by atoms with E-state index in [2.05, 4.69) is 10.6 Å². The van der Waals surface area contributed by atoms with Gasteiger partial charge in [0, 0.05) is 11.6 Å². The zero-order chi connectivity index (χ0) is 15.2. The molecule has 1 aliphatic rings. The third-order valence-electron chi connectivity index (χ3n) is 4.63. The molecule has 0 aliphatic heterocycles. The van der Waals surface area contributed by atoms with Crippen LogP contribution in [0.3, 0.4) is 0 Å². The van der Waals surface area contributed by atoms with Gasteiger partial charge in [-0.3, -0.25) is 4.79 Å². The molecule has 2 amide bonds. The van der Waals surface area contributed by atoms with Crippen molar-refractivity contribution in [3.05, 3.63) is 0 Å². The standard InChI is InChI=1S/C15H28N2O3/c1-4-15(3,5-2)17-14(20)16-12-10-8-6-7-9-11(12)13(18)19/h11-12H,4-10H2,1-3H3,(H,18,19)(H2,16,17,20). The molecule has 2 atom stereocenters. The fraction of sp³-hybridized carbons (Fsp3) is 0.867. The fourth-order valence-corrected chi connectivity index (χ4v) is 2.68. The van der Waals surface area contributed by atoms with Crippen LogP contribution in [0.2, 0.25) is 0 Å². The first kappa shape index (κ1) is 16.8. The maximum atomic E-state index is 12.1. The number of hydrogen-bond donors (Lipinski definition) is 3. The lowest BCUT2D eigenvalue weighted by atomic mass is 9.94. The molecule has 0 aromatic heterocycles.